The number of methoxy groups -OCH3 is 2. The molecule has 0 saturated carbocycles. The molecule has 8 heteroatoms. The van der Waals surface area contributed by atoms with Crippen LogP contribution in [0.3, 0.4) is 0 Å². The molecule has 3 rings (SSSR count). The first-order valence-corrected chi connectivity index (χ1v) is 13.3. The van der Waals surface area contributed by atoms with Crippen LogP contribution in [-0.4, -0.2) is 45.9 Å². The predicted octanol–water partition coefficient (Wildman–Crippen LogP) is 4.39. The van der Waals surface area contributed by atoms with Crippen LogP contribution in [0.15, 0.2) is 41.3 Å². The summed E-state index contributed by atoms with van der Waals surface area (Å²) >= 11 is 0. The molecule has 186 valence electrons. The van der Waals surface area contributed by atoms with Crippen molar-refractivity contribution in [3.63, 3.8) is 0 Å². The molecule has 1 atom stereocenters. The Hall–Kier alpha value is -2.58. The van der Waals surface area contributed by atoms with Crippen LogP contribution < -0.4 is 14.8 Å². The van der Waals surface area contributed by atoms with E-state index in [0.717, 1.165) is 42.6 Å². The van der Waals surface area contributed by atoms with Crippen LogP contribution in [0.1, 0.15) is 61.8 Å². The number of amides is 1. The Bertz CT molecular complexity index is 1090. The fourth-order valence-corrected chi connectivity index (χ4v) is 5.99. The second-order valence-electron chi connectivity index (χ2n) is 8.70. The summed E-state index contributed by atoms with van der Waals surface area (Å²) in [6.07, 6.45) is 4.20. The van der Waals surface area contributed by atoms with Gasteiger partial charge in [0.2, 0.25) is 15.9 Å². The zero-order chi connectivity index (χ0) is 24.7. The van der Waals surface area contributed by atoms with Gasteiger partial charge in [0.1, 0.15) is 11.5 Å². The molecule has 1 saturated heterocycles. The highest BCUT2D eigenvalue weighted by Crippen LogP contribution is 2.28. The van der Waals surface area contributed by atoms with Crippen LogP contribution in [0.25, 0.3) is 0 Å². The van der Waals surface area contributed by atoms with Crippen molar-refractivity contribution in [2.45, 2.75) is 63.3 Å². The van der Waals surface area contributed by atoms with Crippen LogP contribution >= 0.6 is 0 Å². The lowest BCUT2D eigenvalue weighted by atomic mass is 10.0. The van der Waals surface area contributed by atoms with Crippen LogP contribution in [0.4, 0.5) is 0 Å². The number of nitrogens with zero attached hydrogens (tertiary/aromatic N) is 1. The van der Waals surface area contributed by atoms with Gasteiger partial charge in [-0.3, -0.25) is 4.79 Å². The zero-order valence-electron chi connectivity index (χ0n) is 20.6. The zero-order valence-corrected chi connectivity index (χ0v) is 21.4. The first kappa shape index (κ1) is 26.0. The molecular formula is C26H36N2O5S. The van der Waals surface area contributed by atoms with Gasteiger partial charge in [0.05, 0.1) is 25.2 Å². The summed E-state index contributed by atoms with van der Waals surface area (Å²) < 4.78 is 38.5. The Morgan fingerprint density at radius 3 is 2.32 bits per heavy atom. The van der Waals surface area contributed by atoms with Crippen molar-refractivity contribution in [2.24, 2.45) is 0 Å². The van der Waals surface area contributed by atoms with Crippen molar-refractivity contribution in [1.29, 1.82) is 0 Å². The first-order chi connectivity index (χ1) is 16.3. The van der Waals surface area contributed by atoms with Crippen molar-refractivity contribution in [2.75, 3.05) is 27.3 Å². The third kappa shape index (κ3) is 6.10. The number of rotatable bonds is 10. The quantitative estimate of drug-likeness (QED) is 0.536. The van der Waals surface area contributed by atoms with Gasteiger partial charge in [0.15, 0.2) is 0 Å². The standard InChI is InChI=1S/C26H36N2O5S/c1-5-23(20-9-12-24(32-3)19(2)17-20)27-26(29)14-10-21-18-22(11-13-25(21)33-4)34(30,31)28-15-7-6-8-16-28/h9,11-13,17-18,23H,5-8,10,14-16H2,1-4H3,(H,27,29)/t23-/m1/s1. The lowest BCUT2D eigenvalue weighted by Gasteiger charge is -2.26. The van der Waals surface area contributed by atoms with Crippen LogP contribution in [0.5, 0.6) is 11.5 Å². The van der Waals surface area contributed by atoms with E-state index in [1.54, 1.807) is 36.7 Å². The molecule has 0 spiro atoms. The predicted molar refractivity (Wildman–Crippen MR) is 133 cm³/mol. The topological polar surface area (TPSA) is 84.9 Å². The minimum atomic E-state index is -3.55. The maximum absolute atomic E-state index is 13.1. The largest absolute Gasteiger partial charge is 0.496 e. The normalized spacial score (nSPS) is 15.5. The summed E-state index contributed by atoms with van der Waals surface area (Å²) in [7, 11) is -0.357. The Morgan fingerprint density at radius 1 is 1.03 bits per heavy atom. The minimum absolute atomic E-state index is 0.0911. The lowest BCUT2D eigenvalue weighted by Crippen LogP contribution is -2.35. The third-order valence-corrected chi connectivity index (χ3v) is 8.29. The number of ether oxygens (including phenoxy) is 2. The van der Waals surface area contributed by atoms with E-state index >= 15 is 0 Å². The average Bonchev–Trinajstić information content (AvgIpc) is 2.86. The number of piperidine rings is 1. The van der Waals surface area contributed by atoms with Gasteiger partial charge in [0, 0.05) is 19.5 Å². The van der Waals surface area contributed by atoms with Crippen molar-refractivity contribution in [3.8, 4) is 11.5 Å². The fourth-order valence-electron chi connectivity index (χ4n) is 4.42. The summed E-state index contributed by atoms with van der Waals surface area (Å²) in [5, 5.41) is 3.10. The molecule has 0 radical (unpaired) electrons. The molecule has 34 heavy (non-hydrogen) atoms. The minimum Gasteiger partial charge on any atom is -0.496 e. The number of carbonyl (C=O) groups excluding carboxylic acids is 1. The van der Waals surface area contributed by atoms with E-state index in [9.17, 15) is 13.2 Å². The summed E-state index contributed by atoms with van der Waals surface area (Å²) in [6.45, 7) is 5.11. The third-order valence-electron chi connectivity index (χ3n) is 6.39. The van der Waals surface area contributed by atoms with E-state index in [0.29, 0.717) is 30.8 Å². The molecule has 1 fully saturated rings. The number of nitrogens with one attached hydrogen (secondary N) is 1. The second kappa shape index (κ2) is 11.7. The molecule has 0 unspecified atom stereocenters. The van der Waals surface area contributed by atoms with Crippen LogP contribution in [0.2, 0.25) is 0 Å². The number of aryl methyl sites for hydroxylation is 2. The summed E-state index contributed by atoms with van der Waals surface area (Å²) in [5.41, 5.74) is 2.76. The molecule has 2 aromatic rings. The van der Waals surface area contributed by atoms with Gasteiger partial charge in [-0.2, -0.15) is 4.31 Å². The summed E-state index contributed by atoms with van der Waals surface area (Å²) in [4.78, 5) is 13.0. The van der Waals surface area contributed by atoms with Crippen molar-refractivity contribution < 1.29 is 22.7 Å². The lowest BCUT2D eigenvalue weighted by molar-refractivity contribution is -0.121. The highest BCUT2D eigenvalue weighted by atomic mass is 32.2. The number of hydrogen-bond donors (Lipinski definition) is 1. The summed E-state index contributed by atoms with van der Waals surface area (Å²) in [5.74, 6) is 1.31. The Morgan fingerprint density at radius 2 is 1.71 bits per heavy atom. The molecule has 1 aliphatic heterocycles. The van der Waals surface area contributed by atoms with E-state index in [1.807, 2.05) is 32.0 Å². The number of hydrogen-bond acceptors (Lipinski definition) is 5. The number of carbonyl (C=O) groups is 1. The number of sulfonamides is 1. The van der Waals surface area contributed by atoms with Gasteiger partial charge < -0.3 is 14.8 Å². The van der Waals surface area contributed by atoms with Gasteiger partial charge in [-0.05, 0) is 73.6 Å². The molecule has 1 amide bonds. The molecule has 7 nitrogen and oxygen atoms in total. The maximum atomic E-state index is 13.1. The maximum Gasteiger partial charge on any atom is 0.243 e. The molecule has 2 aromatic carbocycles. The highest BCUT2D eigenvalue weighted by molar-refractivity contribution is 7.89. The SMILES string of the molecule is CC[C@@H](NC(=O)CCc1cc(S(=O)(=O)N2CCCCC2)ccc1OC)c1ccc(OC)c(C)c1. The van der Waals surface area contributed by atoms with Crippen molar-refractivity contribution in [3.05, 3.63) is 53.1 Å². The highest BCUT2D eigenvalue weighted by Gasteiger charge is 2.26. The van der Waals surface area contributed by atoms with Crippen LogP contribution in [0, 0.1) is 6.92 Å². The molecule has 0 aromatic heterocycles. The molecule has 1 N–H and O–H groups in total. The molecule has 0 bridgehead atoms. The number of benzene rings is 2. The smallest absolute Gasteiger partial charge is 0.243 e. The molecular weight excluding hydrogens is 452 g/mol. The average molecular weight is 489 g/mol. The molecule has 1 heterocycles. The van der Waals surface area contributed by atoms with Gasteiger partial charge in [-0.15, -0.1) is 0 Å². The monoisotopic (exact) mass is 488 g/mol. The second-order valence-corrected chi connectivity index (χ2v) is 10.6. The van der Waals surface area contributed by atoms with Crippen molar-refractivity contribution in [1.82, 2.24) is 9.62 Å². The Kier molecular flexibility index (Phi) is 8.97. The first-order valence-electron chi connectivity index (χ1n) is 11.9. The van der Waals surface area contributed by atoms with Gasteiger partial charge in [-0.1, -0.05) is 25.5 Å². The van der Waals surface area contributed by atoms with E-state index in [4.69, 9.17) is 9.47 Å². The Labute approximate surface area is 203 Å². The fraction of sp³-hybridized carbons (Fsp3) is 0.500. The van der Waals surface area contributed by atoms with Crippen LogP contribution in [-0.2, 0) is 21.2 Å². The summed E-state index contributed by atoms with van der Waals surface area (Å²) in [6, 6.07) is 10.7. The molecule has 0 aliphatic carbocycles. The molecule has 1 aliphatic rings. The van der Waals surface area contributed by atoms with E-state index < -0.39 is 10.0 Å². The van der Waals surface area contributed by atoms with E-state index in [1.165, 1.54) is 0 Å². The van der Waals surface area contributed by atoms with Gasteiger partial charge in [0.25, 0.3) is 0 Å². The van der Waals surface area contributed by atoms with E-state index in [2.05, 4.69) is 5.32 Å². The van der Waals surface area contributed by atoms with E-state index in [-0.39, 0.29) is 23.3 Å². The van der Waals surface area contributed by atoms with Gasteiger partial charge in [-0.25, -0.2) is 8.42 Å². The van der Waals surface area contributed by atoms with Crippen molar-refractivity contribution >= 4 is 15.9 Å². The van der Waals surface area contributed by atoms with Gasteiger partial charge >= 0.3 is 0 Å². The Balaban J connectivity index is 1.70.